The Morgan fingerprint density at radius 2 is 1.33 bits per heavy atom. The smallest absolute Gasteiger partial charge is 0.311 e. The van der Waals surface area contributed by atoms with Crippen molar-refractivity contribution in [2.24, 2.45) is 0 Å². The number of esters is 1. The first-order valence-corrected chi connectivity index (χ1v) is 11.2. The van der Waals surface area contributed by atoms with Crippen LogP contribution in [0.4, 0.5) is 0 Å². The van der Waals surface area contributed by atoms with Gasteiger partial charge in [-0.3, -0.25) is 4.79 Å². The summed E-state index contributed by atoms with van der Waals surface area (Å²) in [5, 5.41) is 10.0. The molecule has 1 N–H and O–H groups in total. The number of aliphatic hydroxyl groups excluding tert-OH is 1. The lowest BCUT2D eigenvalue weighted by molar-refractivity contribution is -0.135. The third-order valence-corrected chi connectivity index (χ3v) is 5.05. The van der Waals surface area contributed by atoms with Crippen LogP contribution in [-0.4, -0.2) is 17.2 Å². The van der Waals surface area contributed by atoms with Gasteiger partial charge >= 0.3 is 5.97 Å². The molecule has 3 heteroatoms. The summed E-state index contributed by atoms with van der Waals surface area (Å²) in [4.78, 5) is 11.8. The molecule has 1 atom stereocenters. The third-order valence-electron chi connectivity index (χ3n) is 5.05. The molecular formula is C24H40O3. The molecule has 0 saturated carbocycles. The zero-order chi connectivity index (χ0) is 19.6. The number of rotatable bonds is 17. The number of carbonyl (C=O) groups is 1. The molecule has 0 aliphatic rings. The quantitative estimate of drug-likeness (QED) is 0.184. The highest BCUT2D eigenvalue weighted by Crippen LogP contribution is 2.15. The number of benzene rings is 1. The van der Waals surface area contributed by atoms with Crippen molar-refractivity contribution in [3.8, 4) is 5.75 Å². The Bertz CT molecular complexity index is 458. The second kappa shape index (κ2) is 16.8. The fraction of sp³-hybridized carbons (Fsp3) is 0.708. The van der Waals surface area contributed by atoms with Crippen molar-refractivity contribution in [3.63, 3.8) is 0 Å². The van der Waals surface area contributed by atoms with E-state index in [1.54, 1.807) is 12.1 Å². The Kier molecular flexibility index (Phi) is 14.7. The summed E-state index contributed by atoms with van der Waals surface area (Å²) in [5.41, 5.74) is 0. The van der Waals surface area contributed by atoms with Gasteiger partial charge in [0.1, 0.15) is 5.75 Å². The molecule has 1 rings (SSSR count). The molecule has 1 aromatic rings. The zero-order valence-corrected chi connectivity index (χ0v) is 17.3. The first-order chi connectivity index (χ1) is 13.2. The minimum atomic E-state index is -0.392. The molecule has 0 aliphatic carbocycles. The van der Waals surface area contributed by atoms with Crippen molar-refractivity contribution in [2.75, 3.05) is 0 Å². The average Bonchev–Trinajstić information content (AvgIpc) is 2.68. The Balaban J connectivity index is 1.87. The maximum atomic E-state index is 11.8. The fourth-order valence-corrected chi connectivity index (χ4v) is 3.32. The summed E-state index contributed by atoms with van der Waals surface area (Å²) in [5.74, 6) is 0.299. The van der Waals surface area contributed by atoms with Crippen molar-refractivity contribution < 1.29 is 14.6 Å². The van der Waals surface area contributed by atoms with Gasteiger partial charge in [-0.2, -0.15) is 0 Å². The van der Waals surface area contributed by atoms with E-state index < -0.39 is 6.10 Å². The Morgan fingerprint density at radius 1 is 0.815 bits per heavy atom. The van der Waals surface area contributed by atoms with E-state index in [0.717, 1.165) is 12.8 Å². The van der Waals surface area contributed by atoms with E-state index in [4.69, 9.17) is 4.74 Å². The monoisotopic (exact) mass is 376 g/mol. The van der Waals surface area contributed by atoms with E-state index in [9.17, 15) is 9.90 Å². The Labute approximate surface area is 166 Å². The molecule has 0 aliphatic heterocycles. The number of aliphatic hydroxyl groups is 1. The summed E-state index contributed by atoms with van der Waals surface area (Å²) in [7, 11) is 0. The molecular weight excluding hydrogens is 336 g/mol. The largest absolute Gasteiger partial charge is 0.427 e. The van der Waals surface area contributed by atoms with Crippen LogP contribution in [-0.2, 0) is 4.79 Å². The van der Waals surface area contributed by atoms with Crippen molar-refractivity contribution in [1.29, 1.82) is 0 Å². The van der Waals surface area contributed by atoms with Gasteiger partial charge in [0, 0.05) is 6.42 Å². The first-order valence-electron chi connectivity index (χ1n) is 11.2. The highest BCUT2D eigenvalue weighted by atomic mass is 16.5. The van der Waals surface area contributed by atoms with Crippen LogP contribution in [0.15, 0.2) is 30.3 Å². The highest BCUT2D eigenvalue weighted by molar-refractivity contribution is 5.72. The molecule has 0 fully saturated rings. The van der Waals surface area contributed by atoms with Gasteiger partial charge in [0.2, 0.25) is 0 Å². The minimum Gasteiger partial charge on any atom is -0.427 e. The molecule has 0 heterocycles. The van der Waals surface area contributed by atoms with Crippen LogP contribution in [0.2, 0.25) is 0 Å². The van der Waals surface area contributed by atoms with Gasteiger partial charge < -0.3 is 9.84 Å². The van der Waals surface area contributed by atoms with Crippen LogP contribution in [0.1, 0.15) is 103 Å². The summed E-state index contributed by atoms with van der Waals surface area (Å²) >= 11 is 0. The number of hydrogen-bond donors (Lipinski definition) is 1. The lowest BCUT2D eigenvalue weighted by Crippen LogP contribution is -2.13. The lowest BCUT2D eigenvalue weighted by atomic mass is 10.0. The van der Waals surface area contributed by atoms with E-state index in [-0.39, 0.29) is 12.4 Å². The van der Waals surface area contributed by atoms with Crippen LogP contribution in [0.3, 0.4) is 0 Å². The van der Waals surface area contributed by atoms with E-state index in [2.05, 4.69) is 6.92 Å². The molecule has 0 spiro atoms. The third kappa shape index (κ3) is 14.4. The van der Waals surface area contributed by atoms with Crippen LogP contribution in [0.5, 0.6) is 5.75 Å². The molecule has 0 amide bonds. The van der Waals surface area contributed by atoms with E-state index >= 15 is 0 Å². The maximum Gasteiger partial charge on any atom is 0.311 e. The van der Waals surface area contributed by atoms with E-state index in [0.29, 0.717) is 12.2 Å². The van der Waals surface area contributed by atoms with Gasteiger partial charge in [-0.1, -0.05) is 102 Å². The van der Waals surface area contributed by atoms with Gasteiger partial charge in [0.25, 0.3) is 0 Å². The van der Waals surface area contributed by atoms with E-state index in [1.165, 1.54) is 70.6 Å². The molecule has 154 valence electrons. The predicted molar refractivity (Wildman–Crippen MR) is 113 cm³/mol. The molecule has 27 heavy (non-hydrogen) atoms. The molecule has 1 unspecified atom stereocenters. The van der Waals surface area contributed by atoms with E-state index in [1.807, 2.05) is 18.2 Å². The van der Waals surface area contributed by atoms with Crippen molar-refractivity contribution in [2.45, 2.75) is 109 Å². The van der Waals surface area contributed by atoms with Crippen LogP contribution in [0, 0.1) is 0 Å². The zero-order valence-electron chi connectivity index (χ0n) is 17.3. The van der Waals surface area contributed by atoms with Crippen molar-refractivity contribution in [1.82, 2.24) is 0 Å². The fourth-order valence-electron chi connectivity index (χ4n) is 3.32. The van der Waals surface area contributed by atoms with Gasteiger partial charge in [0.05, 0.1) is 6.10 Å². The summed E-state index contributed by atoms with van der Waals surface area (Å²) < 4.78 is 5.23. The second-order valence-electron chi connectivity index (χ2n) is 7.66. The molecule has 0 radical (unpaired) electrons. The Morgan fingerprint density at radius 3 is 1.89 bits per heavy atom. The number of para-hydroxylation sites is 1. The number of unbranched alkanes of at least 4 members (excludes halogenated alkanes) is 11. The molecule has 3 nitrogen and oxygen atoms in total. The summed E-state index contributed by atoms with van der Waals surface area (Å²) in [6.45, 7) is 2.26. The summed E-state index contributed by atoms with van der Waals surface area (Å²) in [6, 6.07) is 9.09. The van der Waals surface area contributed by atoms with Gasteiger partial charge in [-0.25, -0.2) is 0 Å². The Hall–Kier alpha value is -1.35. The number of ether oxygens (including phenoxy) is 1. The standard InChI is InChI=1S/C24H40O3/c1-2-3-4-5-6-7-8-9-10-11-12-14-17-22(25)20-21-24(26)27-23-18-15-13-16-19-23/h13,15-16,18-19,22,25H,2-12,14,17,20-21H2,1H3. The van der Waals surface area contributed by atoms with Gasteiger partial charge in [0.15, 0.2) is 0 Å². The van der Waals surface area contributed by atoms with Crippen LogP contribution >= 0.6 is 0 Å². The summed E-state index contributed by atoms with van der Waals surface area (Å²) in [6.07, 6.45) is 17.0. The molecule has 0 bridgehead atoms. The normalized spacial score (nSPS) is 12.1. The minimum absolute atomic E-state index is 0.269. The van der Waals surface area contributed by atoms with Crippen LogP contribution in [0.25, 0.3) is 0 Å². The predicted octanol–water partition coefficient (Wildman–Crippen LogP) is 6.82. The number of hydrogen-bond acceptors (Lipinski definition) is 3. The van der Waals surface area contributed by atoms with Crippen LogP contribution < -0.4 is 4.74 Å². The van der Waals surface area contributed by atoms with Gasteiger partial charge in [-0.15, -0.1) is 0 Å². The highest BCUT2D eigenvalue weighted by Gasteiger charge is 2.10. The molecule has 1 aromatic carbocycles. The maximum absolute atomic E-state index is 11.8. The molecule has 0 aromatic heterocycles. The van der Waals surface area contributed by atoms with Crippen molar-refractivity contribution >= 4 is 5.97 Å². The lowest BCUT2D eigenvalue weighted by Gasteiger charge is -2.10. The van der Waals surface area contributed by atoms with Gasteiger partial charge in [-0.05, 0) is 25.0 Å². The molecule has 0 saturated heterocycles. The second-order valence-corrected chi connectivity index (χ2v) is 7.66. The SMILES string of the molecule is CCCCCCCCCCCCCCC(O)CCC(=O)Oc1ccccc1. The average molecular weight is 377 g/mol. The number of carbonyl (C=O) groups excluding carboxylic acids is 1. The topological polar surface area (TPSA) is 46.5 Å². The first kappa shape index (κ1) is 23.7. The van der Waals surface area contributed by atoms with Crippen molar-refractivity contribution in [3.05, 3.63) is 30.3 Å².